The van der Waals surface area contributed by atoms with Gasteiger partial charge in [-0.25, -0.2) is 0 Å². The number of nitrogens with zero attached hydrogens (tertiary/aromatic N) is 2. The van der Waals surface area contributed by atoms with Crippen LogP contribution in [0.15, 0.2) is 10.6 Å². The summed E-state index contributed by atoms with van der Waals surface area (Å²) in [5, 5.41) is 7.49. The highest BCUT2D eigenvalue weighted by Crippen LogP contribution is 2.14. The predicted molar refractivity (Wildman–Crippen MR) is 72.6 cm³/mol. The van der Waals surface area contributed by atoms with Gasteiger partial charge in [0.25, 0.3) is 0 Å². The molecule has 0 aromatic carbocycles. The first-order valence-corrected chi connectivity index (χ1v) is 7.14. The van der Waals surface area contributed by atoms with Crippen molar-refractivity contribution in [2.45, 2.75) is 45.6 Å². The van der Waals surface area contributed by atoms with E-state index < -0.39 is 0 Å². The third-order valence-electron chi connectivity index (χ3n) is 3.48. The molecule has 0 aliphatic carbocycles. The van der Waals surface area contributed by atoms with Crippen LogP contribution in [0, 0.1) is 0 Å². The molecule has 1 saturated heterocycles. The maximum Gasteiger partial charge on any atom is 0.139 e. The lowest BCUT2D eigenvalue weighted by Gasteiger charge is -2.13. The van der Waals surface area contributed by atoms with Gasteiger partial charge in [-0.05, 0) is 45.4 Å². The molecule has 2 rings (SSSR count). The molecule has 2 heterocycles. The maximum atomic E-state index is 5.27. The second-order valence-corrected chi connectivity index (χ2v) is 5.45. The van der Waals surface area contributed by atoms with Gasteiger partial charge in [0.2, 0.25) is 0 Å². The number of rotatable bonds is 7. The topological polar surface area (TPSA) is 41.3 Å². The Morgan fingerprint density at radius 3 is 2.83 bits per heavy atom. The van der Waals surface area contributed by atoms with Crippen molar-refractivity contribution in [2.24, 2.45) is 0 Å². The first-order valence-electron chi connectivity index (χ1n) is 7.14. The standard InChI is InChI=1S/C14H25N3O/c1-12(2)14-10-13(16-18-14)11-15-6-5-9-17-7-3-4-8-17/h10,12,15H,3-9,11H2,1-2H3. The minimum atomic E-state index is 0.418. The van der Waals surface area contributed by atoms with Gasteiger partial charge in [-0.3, -0.25) is 0 Å². The van der Waals surface area contributed by atoms with Crippen LogP contribution < -0.4 is 5.32 Å². The molecule has 4 nitrogen and oxygen atoms in total. The van der Waals surface area contributed by atoms with Crippen LogP contribution in [0.5, 0.6) is 0 Å². The molecule has 0 atom stereocenters. The zero-order valence-electron chi connectivity index (χ0n) is 11.6. The molecule has 0 unspecified atom stereocenters. The lowest BCUT2D eigenvalue weighted by molar-refractivity contribution is 0.330. The largest absolute Gasteiger partial charge is 0.361 e. The van der Waals surface area contributed by atoms with Crippen LogP contribution in [0.3, 0.4) is 0 Å². The molecule has 1 aromatic heterocycles. The summed E-state index contributed by atoms with van der Waals surface area (Å²) in [5.74, 6) is 1.39. The van der Waals surface area contributed by atoms with Crippen molar-refractivity contribution < 1.29 is 4.52 Å². The number of likely N-dealkylation sites (tertiary alicyclic amines) is 1. The van der Waals surface area contributed by atoms with E-state index in [2.05, 4.69) is 35.3 Å². The monoisotopic (exact) mass is 251 g/mol. The van der Waals surface area contributed by atoms with Gasteiger partial charge >= 0.3 is 0 Å². The molecule has 0 saturated carbocycles. The highest BCUT2D eigenvalue weighted by molar-refractivity contribution is 5.08. The molecule has 0 bridgehead atoms. The van der Waals surface area contributed by atoms with Crippen LogP contribution in [-0.4, -0.2) is 36.2 Å². The summed E-state index contributed by atoms with van der Waals surface area (Å²) in [6, 6.07) is 2.05. The summed E-state index contributed by atoms with van der Waals surface area (Å²) in [4.78, 5) is 2.55. The van der Waals surface area contributed by atoms with E-state index in [-0.39, 0.29) is 0 Å². The van der Waals surface area contributed by atoms with E-state index in [0.29, 0.717) is 5.92 Å². The number of nitrogens with one attached hydrogen (secondary N) is 1. The van der Waals surface area contributed by atoms with Gasteiger partial charge in [0, 0.05) is 18.5 Å². The summed E-state index contributed by atoms with van der Waals surface area (Å²) in [6.45, 7) is 9.92. The van der Waals surface area contributed by atoms with Crippen molar-refractivity contribution >= 4 is 0 Å². The Labute approximate surface area is 110 Å². The summed E-state index contributed by atoms with van der Waals surface area (Å²) in [5.41, 5.74) is 1.01. The highest BCUT2D eigenvalue weighted by Gasteiger charge is 2.10. The molecule has 1 fully saturated rings. The summed E-state index contributed by atoms with van der Waals surface area (Å²) >= 11 is 0. The molecule has 18 heavy (non-hydrogen) atoms. The van der Waals surface area contributed by atoms with E-state index in [4.69, 9.17) is 4.52 Å². The minimum Gasteiger partial charge on any atom is -0.361 e. The van der Waals surface area contributed by atoms with Gasteiger partial charge in [0.15, 0.2) is 0 Å². The highest BCUT2D eigenvalue weighted by atomic mass is 16.5. The zero-order chi connectivity index (χ0) is 12.8. The van der Waals surface area contributed by atoms with Gasteiger partial charge in [-0.15, -0.1) is 0 Å². The third kappa shape index (κ3) is 4.10. The van der Waals surface area contributed by atoms with E-state index in [1.165, 1.54) is 38.9 Å². The zero-order valence-corrected chi connectivity index (χ0v) is 11.6. The lowest BCUT2D eigenvalue weighted by Crippen LogP contribution is -2.24. The Morgan fingerprint density at radius 1 is 1.39 bits per heavy atom. The predicted octanol–water partition coefficient (Wildman–Crippen LogP) is 2.37. The number of hydrogen-bond acceptors (Lipinski definition) is 4. The van der Waals surface area contributed by atoms with E-state index in [9.17, 15) is 0 Å². The van der Waals surface area contributed by atoms with E-state index >= 15 is 0 Å². The molecule has 0 radical (unpaired) electrons. The quantitative estimate of drug-likeness (QED) is 0.755. The van der Waals surface area contributed by atoms with E-state index in [0.717, 1.165) is 24.5 Å². The fraction of sp³-hybridized carbons (Fsp3) is 0.786. The maximum absolute atomic E-state index is 5.27. The first-order chi connectivity index (χ1) is 8.75. The molecule has 0 spiro atoms. The molecule has 1 N–H and O–H groups in total. The Balaban J connectivity index is 1.56. The minimum absolute atomic E-state index is 0.418. The van der Waals surface area contributed by atoms with Gasteiger partial charge in [0.1, 0.15) is 5.76 Å². The molecule has 0 amide bonds. The second-order valence-electron chi connectivity index (χ2n) is 5.45. The smallest absolute Gasteiger partial charge is 0.139 e. The van der Waals surface area contributed by atoms with Crippen LogP contribution in [0.1, 0.15) is 50.5 Å². The van der Waals surface area contributed by atoms with Crippen molar-refractivity contribution in [3.8, 4) is 0 Å². The molecular weight excluding hydrogens is 226 g/mol. The summed E-state index contributed by atoms with van der Waals surface area (Å²) in [6.07, 6.45) is 3.98. The van der Waals surface area contributed by atoms with Crippen molar-refractivity contribution in [3.05, 3.63) is 17.5 Å². The normalized spacial score (nSPS) is 16.8. The second kappa shape index (κ2) is 6.90. The Kier molecular flexibility index (Phi) is 5.20. The van der Waals surface area contributed by atoms with Gasteiger partial charge in [0.05, 0.1) is 5.69 Å². The SMILES string of the molecule is CC(C)c1cc(CNCCCN2CCCC2)no1. The molecule has 1 aromatic rings. The van der Waals surface area contributed by atoms with Crippen molar-refractivity contribution in [1.82, 2.24) is 15.4 Å². The molecular formula is C14H25N3O. The third-order valence-corrected chi connectivity index (χ3v) is 3.48. The number of hydrogen-bond donors (Lipinski definition) is 1. The molecule has 102 valence electrons. The Morgan fingerprint density at radius 2 is 2.17 bits per heavy atom. The lowest BCUT2D eigenvalue weighted by atomic mass is 10.1. The number of aromatic nitrogens is 1. The first kappa shape index (κ1) is 13.6. The van der Waals surface area contributed by atoms with E-state index in [1.807, 2.05) is 0 Å². The van der Waals surface area contributed by atoms with Crippen LogP contribution in [0.2, 0.25) is 0 Å². The van der Waals surface area contributed by atoms with Gasteiger partial charge < -0.3 is 14.7 Å². The van der Waals surface area contributed by atoms with Gasteiger partial charge in [-0.1, -0.05) is 19.0 Å². The van der Waals surface area contributed by atoms with Crippen molar-refractivity contribution in [3.63, 3.8) is 0 Å². The van der Waals surface area contributed by atoms with Crippen LogP contribution >= 0.6 is 0 Å². The average Bonchev–Trinajstić information content (AvgIpc) is 2.98. The van der Waals surface area contributed by atoms with Crippen molar-refractivity contribution in [2.75, 3.05) is 26.2 Å². The summed E-state index contributed by atoms with van der Waals surface area (Å²) < 4.78 is 5.27. The fourth-order valence-corrected chi connectivity index (χ4v) is 2.33. The molecule has 4 heteroatoms. The van der Waals surface area contributed by atoms with Crippen LogP contribution in [0.4, 0.5) is 0 Å². The Hall–Kier alpha value is -0.870. The van der Waals surface area contributed by atoms with Crippen LogP contribution in [-0.2, 0) is 6.54 Å². The summed E-state index contributed by atoms with van der Waals surface area (Å²) in [7, 11) is 0. The average molecular weight is 251 g/mol. The fourth-order valence-electron chi connectivity index (χ4n) is 2.33. The van der Waals surface area contributed by atoms with Crippen molar-refractivity contribution in [1.29, 1.82) is 0 Å². The molecule has 1 aliphatic heterocycles. The van der Waals surface area contributed by atoms with Crippen LogP contribution in [0.25, 0.3) is 0 Å². The Bertz CT molecular complexity index is 343. The molecule has 1 aliphatic rings. The van der Waals surface area contributed by atoms with Gasteiger partial charge in [-0.2, -0.15) is 0 Å². The van der Waals surface area contributed by atoms with E-state index in [1.54, 1.807) is 0 Å².